The zero-order valence-electron chi connectivity index (χ0n) is 12.7. The van der Waals surface area contributed by atoms with Gasteiger partial charge in [0.05, 0.1) is 0 Å². The predicted octanol–water partition coefficient (Wildman–Crippen LogP) is 3.59. The van der Waals surface area contributed by atoms with E-state index in [0.29, 0.717) is 16.4 Å². The lowest BCUT2D eigenvalue weighted by Crippen LogP contribution is -2.15. The summed E-state index contributed by atoms with van der Waals surface area (Å²) in [5.41, 5.74) is 4.33. The molecule has 1 unspecified atom stereocenters. The van der Waals surface area contributed by atoms with Crippen molar-refractivity contribution < 1.29 is 13.9 Å². The smallest absolute Gasteiger partial charge is 0.221 e. The van der Waals surface area contributed by atoms with Crippen LogP contribution in [0.3, 0.4) is 0 Å². The molecule has 0 saturated carbocycles. The normalized spacial score (nSPS) is 12.2. The summed E-state index contributed by atoms with van der Waals surface area (Å²) in [4.78, 5) is 12.8. The average Bonchev–Trinajstić information content (AvgIpc) is 2.51. The van der Waals surface area contributed by atoms with Gasteiger partial charge in [-0.1, -0.05) is 30.3 Å². The van der Waals surface area contributed by atoms with Gasteiger partial charge in [0.1, 0.15) is 0 Å². The van der Waals surface area contributed by atoms with Crippen molar-refractivity contribution in [2.45, 2.75) is 20.8 Å². The fraction of sp³-hybridized carbons (Fsp3) is 0.235. The first-order valence-corrected chi connectivity index (χ1v) is 8.08. The molecular weight excluding hydrogens is 283 g/mol. The van der Waals surface area contributed by atoms with E-state index >= 15 is 0 Å². The Kier molecular flexibility index (Phi) is 4.76. The van der Waals surface area contributed by atoms with Crippen LogP contribution < -0.4 is 5.30 Å². The molecular formula is C17H19O3P. The first kappa shape index (κ1) is 15.7. The number of benzene rings is 2. The minimum absolute atomic E-state index is 0.110. The molecule has 2 rings (SSSR count). The summed E-state index contributed by atoms with van der Waals surface area (Å²) in [6, 6.07) is 10.7. The van der Waals surface area contributed by atoms with E-state index < -0.39 is 8.03 Å². The second kappa shape index (κ2) is 6.38. The average molecular weight is 302 g/mol. The topological polar surface area (TPSA) is 43.4 Å². The molecule has 3 nitrogen and oxygen atoms in total. The number of hydrogen-bond acceptors (Lipinski definition) is 3. The molecule has 1 atom stereocenters. The van der Waals surface area contributed by atoms with Crippen LogP contribution in [-0.4, -0.2) is 12.9 Å². The fourth-order valence-corrected chi connectivity index (χ4v) is 3.19. The van der Waals surface area contributed by atoms with Gasteiger partial charge < -0.3 is 4.52 Å². The number of rotatable bonds is 4. The van der Waals surface area contributed by atoms with Gasteiger partial charge in [-0.25, -0.2) is 0 Å². The number of carbonyl (C=O) groups is 1. The van der Waals surface area contributed by atoms with E-state index in [1.807, 2.05) is 32.9 Å². The summed E-state index contributed by atoms with van der Waals surface area (Å²) < 4.78 is 16.9. The molecule has 0 amide bonds. The van der Waals surface area contributed by atoms with Gasteiger partial charge in [0, 0.05) is 23.5 Å². The fourth-order valence-electron chi connectivity index (χ4n) is 2.32. The summed E-state index contributed by atoms with van der Waals surface area (Å²) in [7, 11) is -0.997. The van der Waals surface area contributed by atoms with Gasteiger partial charge in [-0.15, -0.1) is 0 Å². The molecule has 2 aromatic carbocycles. The van der Waals surface area contributed by atoms with E-state index in [1.54, 1.807) is 24.3 Å². The van der Waals surface area contributed by atoms with Crippen LogP contribution in [0.4, 0.5) is 0 Å². The third-order valence-corrected chi connectivity index (χ3v) is 5.13. The van der Waals surface area contributed by atoms with Crippen molar-refractivity contribution in [2.24, 2.45) is 0 Å². The van der Waals surface area contributed by atoms with Crippen molar-refractivity contribution in [2.75, 3.05) is 7.11 Å². The molecule has 2 aromatic rings. The minimum Gasteiger partial charge on any atom is -0.331 e. The monoisotopic (exact) mass is 302 g/mol. The van der Waals surface area contributed by atoms with Gasteiger partial charge in [0.15, 0.2) is 5.78 Å². The van der Waals surface area contributed by atoms with Crippen LogP contribution in [0.25, 0.3) is 0 Å². The van der Waals surface area contributed by atoms with Crippen LogP contribution in [0.15, 0.2) is 36.4 Å². The molecule has 0 aromatic heterocycles. The Morgan fingerprint density at radius 3 is 2.29 bits per heavy atom. The van der Waals surface area contributed by atoms with E-state index in [0.717, 1.165) is 16.7 Å². The van der Waals surface area contributed by atoms with Crippen LogP contribution in [0, 0.1) is 20.8 Å². The highest BCUT2D eigenvalue weighted by atomic mass is 31.1. The second-order valence-electron chi connectivity index (χ2n) is 5.05. The van der Waals surface area contributed by atoms with Crippen LogP contribution in [0.2, 0.25) is 0 Å². The maximum Gasteiger partial charge on any atom is 0.221 e. The van der Waals surface area contributed by atoms with Gasteiger partial charge in [-0.3, -0.25) is 9.36 Å². The van der Waals surface area contributed by atoms with Crippen LogP contribution in [0.5, 0.6) is 0 Å². The molecule has 0 heterocycles. The number of hydrogen-bond donors (Lipinski definition) is 0. The SMILES string of the molecule is CO[PH](=O)c1ccccc1C(=O)c1ccc(C)c(C)c1C. The molecule has 0 aliphatic heterocycles. The highest BCUT2D eigenvalue weighted by Crippen LogP contribution is 2.25. The lowest BCUT2D eigenvalue weighted by atomic mass is 9.93. The molecule has 0 N–H and O–H groups in total. The Morgan fingerprint density at radius 2 is 1.62 bits per heavy atom. The third-order valence-electron chi connectivity index (χ3n) is 3.88. The van der Waals surface area contributed by atoms with Gasteiger partial charge in [0.2, 0.25) is 8.03 Å². The van der Waals surface area contributed by atoms with Crippen LogP contribution in [-0.2, 0) is 9.09 Å². The van der Waals surface area contributed by atoms with Crippen molar-refractivity contribution in [1.82, 2.24) is 0 Å². The zero-order valence-corrected chi connectivity index (χ0v) is 13.7. The molecule has 0 saturated heterocycles. The summed E-state index contributed by atoms with van der Waals surface area (Å²) in [5.74, 6) is -0.110. The van der Waals surface area contributed by atoms with Crippen LogP contribution in [0.1, 0.15) is 32.6 Å². The van der Waals surface area contributed by atoms with E-state index in [2.05, 4.69) is 0 Å². The summed E-state index contributed by atoms with van der Waals surface area (Å²) in [6.45, 7) is 5.97. The lowest BCUT2D eigenvalue weighted by molar-refractivity contribution is 0.103. The Hall–Kier alpha value is -1.70. The highest BCUT2D eigenvalue weighted by molar-refractivity contribution is 7.48. The van der Waals surface area contributed by atoms with Crippen LogP contribution >= 0.6 is 8.03 Å². The Morgan fingerprint density at radius 1 is 0.952 bits per heavy atom. The molecule has 0 spiro atoms. The molecule has 0 aliphatic carbocycles. The molecule has 4 heteroatoms. The second-order valence-corrected chi connectivity index (χ2v) is 6.57. The lowest BCUT2D eigenvalue weighted by Gasteiger charge is -2.12. The highest BCUT2D eigenvalue weighted by Gasteiger charge is 2.19. The molecule has 21 heavy (non-hydrogen) atoms. The number of ketones is 1. The van der Waals surface area contributed by atoms with Crippen molar-refractivity contribution in [3.63, 3.8) is 0 Å². The minimum atomic E-state index is -2.39. The van der Waals surface area contributed by atoms with Crippen molar-refractivity contribution in [1.29, 1.82) is 0 Å². The first-order chi connectivity index (χ1) is 9.97. The number of carbonyl (C=O) groups excluding carboxylic acids is 1. The molecule has 0 fully saturated rings. The van der Waals surface area contributed by atoms with E-state index in [9.17, 15) is 9.36 Å². The van der Waals surface area contributed by atoms with E-state index in [-0.39, 0.29) is 5.78 Å². The molecule has 110 valence electrons. The van der Waals surface area contributed by atoms with Gasteiger partial charge in [-0.2, -0.15) is 0 Å². The Balaban J connectivity index is 2.56. The van der Waals surface area contributed by atoms with Crippen molar-refractivity contribution in [3.05, 3.63) is 64.2 Å². The predicted molar refractivity (Wildman–Crippen MR) is 86.2 cm³/mol. The number of aryl methyl sites for hydroxylation is 1. The molecule has 0 radical (unpaired) electrons. The summed E-state index contributed by atoms with van der Waals surface area (Å²) in [6.07, 6.45) is 0. The maximum atomic E-state index is 12.8. The molecule has 0 bridgehead atoms. The zero-order chi connectivity index (χ0) is 15.6. The van der Waals surface area contributed by atoms with E-state index in [4.69, 9.17) is 4.52 Å². The van der Waals surface area contributed by atoms with Crippen molar-refractivity contribution >= 4 is 19.1 Å². The largest absolute Gasteiger partial charge is 0.331 e. The standard InChI is InChI=1S/C17H19O3P/c1-11-9-10-14(13(3)12(11)2)17(18)15-7-5-6-8-16(15)21(19)20-4/h5-10,21H,1-4H3. The maximum absolute atomic E-state index is 12.8. The van der Waals surface area contributed by atoms with Gasteiger partial charge in [-0.05, 0) is 43.5 Å². The Bertz CT molecular complexity index is 720. The van der Waals surface area contributed by atoms with Crippen molar-refractivity contribution in [3.8, 4) is 0 Å². The molecule has 0 aliphatic rings. The Labute approximate surface area is 125 Å². The first-order valence-electron chi connectivity index (χ1n) is 6.76. The summed E-state index contributed by atoms with van der Waals surface area (Å²) in [5, 5.41) is 0.479. The van der Waals surface area contributed by atoms with Gasteiger partial charge in [0.25, 0.3) is 0 Å². The van der Waals surface area contributed by atoms with E-state index in [1.165, 1.54) is 7.11 Å². The quantitative estimate of drug-likeness (QED) is 0.640. The third kappa shape index (κ3) is 2.99. The van der Waals surface area contributed by atoms with Gasteiger partial charge >= 0.3 is 0 Å². The summed E-state index contributed by atoms with van der Waals surface area (Å²) >= 11 is 0.